The largest absolute Gasteiger partial charge is 0.481 e. The first kappa shape index (κ1) is 16.9. The van der Waals surface area contributed by atoms with E-state index in [9.17, 15) is 9.59 Å². The number of carboxylic acid groups (broad SMARTS) is 1. The summed E-state index contributed by atoms with van der Waals surface area (Å²) >= 11 is 0. The lowest BCUT2D eigenvalue weighted by Gasteiger charge is -2.33. The molecule has 1 fully saturated rings. The van der Waals surface area contributed by atoms with E-state index in [-0.39, 0.29) is 31.0 Å². The third-order valence-electron chi connectivity index (χ3n) is 3.69. The molecular weight excluding hydrogens is 260 g/mol. The van der Waals surface area contributed by atoms with E-state index in [0.29, 0.717) is 19.6 Å². The van der Waals surface area contributed by atoms with Gasteiger partial charge in [0.1, 0.15) is 0 Å². The Bertz CT molecular complexity index is 314. The lowest BCUT2D eigenvalue weighted by atomic mass is 10.0. The van der Waals surface area contributed by atoms with E-state index in [1.54, 1.807) is 0 Å². The van der Waals surface area contributed by atoms with Crippen molar-refractivity contribution in [3.8, 4) is 0 Å². The summed E-state index contributed by atoms with van der Waals surface area (Å²) in [5.74, 6) is -0.614. The number of hydrogen-bond acceptors (Lipinski definition) is 4. The van der Waals surface area contributed by atoms with Gasteiger partial charge in [0.25, 0.3) is 0 Å². The number of rotatable bonds is 8. The van der Waals surface area contributed by atoms with Gasteiger partial charge in [-0.1, -0.05) is 6.92 Å². The maximum absolute atomic E-state index is 12.2. The number of carbonyl (C=O) groups is 2. The first-order valence-electron chi connectivity index (χ1n) is 7.36. The van der Waals surface area contributed by atoms with Gasteiger partial charge in [0.2, 0.25) is 5.91 Å². The second kappa shape index (κ2) is 8.92. The predicted molar refractivity (Wildman–Crippen MR) is 75.3 cm³/mol. The molecule has 0 bridgehead atoms. The minimum atomic E-state index is -0.841. The van der Waals surface area contributed by atoms with Gasteiger partial charge in [-0.3, -0.25) is 9.59 Å². The number of nitrogens with zero attached hydrogens (tertiary/aromatic N) is 1. The summed E-state index contributed by atoms with van der Waals surface area (Å²) in [5.41, 5.74) is 5.46. The average Bonchev–Trinajstić information content (AvgIpc) is 2.44. The molecule has 1 atom stereocenters. The number of carbonyl (C=O) groups excluding carboxylic acids is 1. The Labute approximate surface area is 120 Å². The molecule has 0 aromatic rings. The van der Waals surface area contributed by atoms with Crippen LogP contribution in [0.3, 0.4) is 0 Å². The minimum Gasteiger partial charge on any atom is -0.481 e. The molecule has 116 valence electrons. The van der Waals surface area contributed by atoms with Gasteiger partial charge in [0.15, 0.2) is 0 Å². The van der Waals surface area contributed by atoms with Crippen LogP contribution in [0.2, 0.25) is 0 Å². The van der Waals surface area contributed by atoms with E-state index in [2.05, 4.69) is 0 Å². The quantitative estimate of drug-likeness (QED) is 0.690. The average molecular weight is 286 g/mol. The second-order valence-corrected chi connectivity index (χ2v) is 5.37. The maximum Gasteiger partial charge on any atom is 0.305 e. The highest BCUT2D eigenvalue weighted by Crippen LogP contribution is 2.18. The van der Waals surface area contributed by atoms with Gasteiger partial charge < -0.3 is 20.5 Å². The number of aliphatic carboxylic acids is 1. The molecule has 1 rings (SSSR count). The van der Waals surface area contributed by atoms with Crippen LogP contribution in [0.15, 0.2) is 0 Å². The molecule has 1 aliphatic rings. The van der Waals surface area contributed by atoms with E-state index in [1.165, 1.54) is 0 Å². The van der Waals surface area contributed by atoms with Crippen molar-refractivity contribution in [1.29, 1.82) is 0 Å². The SMILES string of the molecule is CC(CCCN)C(=O)N1CCC(OCCC(=O)O)CC1. The fourth-order valence-electron chi connectivity index (χ4n) is 2.41. The molecule has 0 aliphatic carbocycles. The zero-order valence-electron chi connectivity index (χ0n) is 12.2. The predicted octanol–water partition coefficient (Wildman–Crippen LogP) is 0.844. The number of amides is 1. The lowest BCUT2D eigenvalue weighted by molar-refractivity contribution is -0.139. The van der Waals surface area contributed by atoms with Crippen LogP contribution in [0.25, 0.3) is 0 Å². The molecule has 0 radical (unpaired) electrons. The molecule has 1 saturated heterocycles. The molecule has 0 saturated carbocycles. The van der Waals surface area contributed by atoms with Crippen LogP contribution in [0.1, 0.15) is 39.0 Å². The smallest absolute Gasteiger partial charge is 0.305 e. The number of hydrogen-bond donors (Lipinski definition) is 2. The fraction of sp³-hybridized carbons (Fsp3) is 0.857. The van der Waals surface area contributed by atoms with Crippen LogP contribution in [0, 0.1) is 5.92 Å². The molecule has 1 unspecified atom stereocenters. The molecule has 6 heteroatoms. The topological polar surface area (TPSA) is 92.9 Å². The van der Waals surface area contributed by atoms with Crippen molar-refractivity contribution in [1.82, 2.24) is 4.90 Å². The van der Waals surface area contributed by atoms with E-state index in [4.69, 9.17) is 15.6 Å². The van der Waals surface area contributed by atoms with Crippen molar-refractivity contribution in [2.75, 3.05) is 26.2 Å². The molecule has 3 N–H and O–H groups in total. The summed E-state index contributed by atoms with van der Waals surface area (Å²) in [6.07, 6.45) is 3.41. The maximum atomic E-state index is 12.2. The Morgan fingerprint density at radius 2 is 2.05 bits per heavy atom. The van der Waals surface area contributed by atoms with Gasteiger partial charge >= 0.3 is 5.97 Å². The Hall–Kier alpha value is -1.14. The van der Waals surface area contributed by atoms with E-state index in [0.717, 1.165) is 25.7 Å². The molecule has 0 spiro atoms. The van der Waals surface area contributed by atoms with Crippen molar-refractivity contribution < 1.29 is 19.4 Å². The monoisotopic (exact) mass is 286 g/mol. The van der Waals surface area contributed by atoms with Gasteiger partial charge in [0, 0.05) is 19.0 Å². The second-order valence-electron chi connectivity index (χ2n) is 5.37. The van der Waals surface area contributed by atoms with Gasteiger partial charge in [-0.05, 0) is 32.2 Å². The molecule has 1 heterocycles. The van der Waals surface area contributed by atoms with Crippen LogP contribution < -0.4 is 5.73 Å². The minimum absolute atomic E-state index is 0.0306. The highest BCUT2D eigenvalue weighted by Gasteiger charge is 2.26. The normalized spacial score (nSPS) is 18.0. The van der Waals surface area contributed by atoms with Crippen molar-refractivity contribution in [2.24, 2.45) is 11.7 Å². The van der Waals surface area contributed by atoms with Crippen molar-refractivity contribution >= 4 is 11.9 Å². The third-order valence-corrected chi connectivity index (χ3v) is 3.69. The molecule has 1 amide bonds. The van der Waals surface area contributed by atoms with E-state index >= 15 is 0 Å². The first-order chi connectivity index (χ1) is 9.54. The van der Waals surface area contributed by atoms with Crippen molar-refractivity contribution in [2.45, 2.75) is 45.1 Å². The van der Waals surface area contributed by atoms with Crippen LogP contribution in [0.5, 0.6) is 0 Å². The summed E-state index contributed by atoms with van der Waals surface area (Å²) in [6.45, 7) is 4.22. The van der Waals surface area contributed by atoms with Gasteiger partial charge in [-0.25, -0.2) is 0 Å². The number of ether oxygens (including phenoxy) is 1. The van der Waals surface area contributed by atoms with Gasteiger partial charge in [0.05, 0.1) is 19.1 Å². The Kier molecular flexibility index (Phi) is 7.54. The number of nitrogens with two attached hydrogens (primary N) is 1. The van der Waals surface area contributed by atoms with Crippen LogP contribution in [-0.4, -0.2) is 54.2 Å². The van der Waals surface area contributed by atoms with Crippen molar-refractivity contribution in [3.05, 3.63) is 0 Å². The number of piperidine rings is 1. The van der Waals surface area contributed by atoms with E-state index < -0.39 is 5.97 Å². The Balaban J connectivity index is 2.23. The summed E-state index contributed by atoms with van der Waals surface area (Å²) in [4.78, 5) is 24.5. The highest BCUT2D eigenvalue weighted by molar-refractivity contribution is 5.78. The van der Waals surface area contributed by atoms with Gasteiger partial charge in [-0.15, -0.1) is 0 Å². The van der Waals surface area contributed by atoms with Crippen molar-refractivity contribution in [3.63, 3.8) is 0 Å². The summed E-state index contributed by atoms with van der Waals surface area (Å²) in [7, 11) is 0. The summed E-state index contributed by atoms with van der Waals surface area (Å²) in [6, 6.07) is 0. The summed E-state index contributed by atoms with van der Waals surface area (Å²) < 4.78 is 5.51. The lowest BCUT2D eigenvalue weighted by Crippen LogP contribution is -2.43. The van der Waals surface area contributed by atoms with Crippen LogP contribution >= 0.6 is 0 Å². The third kappa shape index (κ3) is 5.88. The van der Waals surface area contributed by atoms with Gasteiger partial charge in [-0.2, -0.15) is 0 Å². The highest BCUT2D eigenvalue weighted by atomic mass is 16.5. The van der Waals surface area contributed by atoms with Crippen LogP contribution in [-0.2, 0) is 14.3 Å². The van der Waals surface area contributed by atoms with Crippen LogP contribution in [0.4, 0.5) is 0 Å². The molecule has 6 nitrogen and oxygen atoms in total. The Morgan fingerprint density at radius 1 is 1.40 bits per heavy atom. The molecule has 0 aromatic heterocycles. The molecular formula is C14H26N2O4. The molecule has 1 aliphatic heterocycles. The standard InChI is InChI=1S/C14H26N2O4/c1-11(3-2-7-15)14(19)16-8-4-12(5-9-16)20-10-6-13(17)18/h11-12H,2-10,15H2,1H3,(H,17,18). The summed E-state index contributed by atoms with van der Waals surface area (Å²) in [5, 5.41) is 8.55. The molecule has 20 heavy (non-hydrogen) atoms. The van der Waals surface area contributed by atoms with E-state index in [1.807, 2.05) is 11.8 Å². The fourth-order valence-corrected chi connectivity index (χ4v) is 2.41. The first-order valence-corrected chi connectivity index (χ1v) is 7.36. The number of carboxylic acids is 1. The Morgan fingerprint density at radius 3 is 2.60 bits per heavy atom. The molecule has 0 aromatic carbocycles. The number of likely N-dealkylation sites (tertiary alicyclic amines) is 1. The zero-order valence-corrected chi connectivity index (χ0v) is 12.2. The zero-order chi connectivity index (χ0) is 15.0.